The molecule has 0 unspecified atom stereocenters. The van der Waals surface area contributed by atoms with E-state index in [2.05, 4.69) is 25.5 Å². The fourth-order valence-corrected chi connectivity index (χ4v) is 2.64. The standard InChI is InChI=1S/C19H16N6O2/c1-13(14-4-6-16(7-5-14)25-12-21-11-22-25)23-19(26)17-9-18(27-24-17)15-3-2-8-20-10-15/h2-13H,1H3,(H,23,26)/t13-/m0/s1. The zero-order chi connectivity index (χ0) is 18.6. The van der Waals surface area contributed by atoms with E-state index >= 15 is 0 Å². The third-order valence-electron chi connectivity index (χ3n) is 4.11. The first kappa shape index (κ1) is 16.6. The number of rotatable bonds is 5. The Hall–Kier alpha value is -3.81. The number of hydrogen-bond donors (Lipinski definition) is 1. The molecule has 4 rings (SSSR count). The van der Waals surface area contributed by atoms with Crippen LogP contribution in [0.25, 0.3) is 17.0 Å². The molecule has 0 saturated carbocycles. The van der Waals surface area contributed by atoms with Crippen molar-refractivity contribution >= 4 is 5.91 Å². The molecule has 0 aliphatic carbocycles. The smallest absolute Gasteiger partial charge is 0.273 e. The number of pyridine rings is 1. The van der Waals surface area contributed by atoms with Gasteiger partial charge in [-0.15, -0.1) is 0 Å². The predicted octanol–water partition coefficient (Wildman–Crippen LogP) is 2.81. The van der Waals surface area contributed by atoms with Crippen LogP contribution in [0.4, 0.5) is 0 Å². The van der Waals surface area contributed by atoms with Crippen molar-refractivity contribution in [3.8, 4) is 17.0 Å². The number of nitrogens with one attached hydrogen (secondary N) is 1. The van der Waals surface area contributed by atoms with Crippen LogP contribution in [0.2, 0.25) is 0 Å². The first-order valence-corrected chi connectivity index (χ1v) is 8.33. The Bertz CT molecular complexity index is 1030. The van der Waals surface area contributed by atoms with Gasteiger partial charge in [-0.25, -0.2) is 9.67 Å². The number of carbonyl (C=O) groups excluding carboxylic acids is 1. The Balaban J connectivity index is 1.44. The van der Waals surface area contributed by atoms with Crippen LogP contribution in [-0.2, 0) is 0 Å². The molecule has 0 aliphatic rings. The Morgan fingerprint density at radius 3 is 2.74 bits per heavy atom. The van der Waals surface area contributed by atoms with Crippen LogP contribution < -0.4 is 5.32 Å². The van der Waals surface area contributed by atoms with Crippen molar-refractivity contribution in [2.75, 3.05) is 0 Å². The second kappa shape index (κ2) is 7.20. The monoisotopic (exact) mass is 360 g/mol. The summed E-state index contributed by atoms with van der Waals surface area (Å²) in [6.45, 7) is 1.91. The molecule has 3 heterocycles. The molecule has 3 aromatic heterocycles. The van der Waals surface area contributed by atoms with Crippen LogP contribution in [0.5, 0.6) is 0 Å². The predicted molar refractivity (Wildman–Crippen MR) is 97.0 cm³/mol. The number of nitrogens with zero attached hydrogens (tertiary/aromatic N) is 5. The number of amides is 1. The van der Waals surface area contributed by atoms with Crippen molar-refractivity contribution in [2.45, 2.75) is 13.0 Å². The minimum absolute atomic E-state index is 0.194. The van der Waals surface area contributed by atoms with Crippen molar-refractivity contribution in [2.24, 2.45) is 0 Å². The topological polar surface area (TPSA) is 98.7 Å². The van der Waals surface area contributed by atoms with E-state index in [0.29, 0.717) is 5.76 Å². The summed E-state index contributed by atoms with van der Waals surface area (Å²) in [7, 11) is 0. The van der Waals surface area contributed by atoms with Crippen LogP contribution >= 0.6 is 0 Å². The van der Waals surface area contributed by atoms with E-state index in [0.717, 1.165) is 16.8 Å². The first-order chi connectivity index (χ1) is 13.2. The Kier molecular flexibility index (Phi) is 4.44. The highest BCUT2D eigenvalue weighted by Crippen LogP contribution is 2.20. The van der Waals surface area contributed by atoms with E-state index in [9.17, 15) is 4.79 Å². The molecule has 1 atom stereocenters. The second-order valence-corrected chi connectivity index (χ2v) is 5.94. The summed E-state index contributed by atoms with van der Waals surface area (Å²) in [6, 6.07) is 12.8. The lowest BCUT2D eigenvalue weighted by Gasteiger charge is -2.13. The molecule has 0 spiro atoms. The van der Waals surface area contributed by atoms with Crippen molar-refractivity contribution in [1.29, 1.82) is 0 Å². The number of hydrogen-bond acceptors (Lipinski definition) is 6. The molecule has 27 heavy (non-hydrogen) atoms. The molecule has 1 amide bonds. The van der Waals surface area contributed by atoms with Gasteiger partial charge in [-0.1, -0.05) is 17.3 Å². The maximum Gasteiger partial charge on any atom is 0.273 e. The fraction of sp³-hybridized carbons (Fsp3) is 0.105. The SMILES string of the molecule is C[C@H](NC(=O)c1cc(-c2cccnc2)on1)c1ccc(-n2cncn2)cc1. The van der Waals surface area contributed by atoms with Crippen LogP contribution in [0.3, 0.4) is 0 Å². The van der Waals surface area contributed by atoms with E-state index in [4.69, 9.17) is 4.52 Å². The van der Waals surface area contributed by atoms with E-state index in [1.54, 1.807) is 35.5 Å². The molecule has 0 aliphatic heterocycles. The van der Waals surface area contributed by atoms with Gasteiger partial charge in [0.2, 0.25) is 0 Å². The van der Waals surface area contributed by atoms with Gasteiger partial charge in [0.15, 0.2) is 11.5 Å². The fourth-order valence-electron chi connectivity index (χ4n) is 2.64. The molecule has 0 fully saturated rings. The van der Waals surface area contributed by atoms with E-state index in [1.165, 1.54) is 6.33 Å². The van der Waals surface area contributed by atoms with Gasteiger partial charge in [-0.3, -0.25) is 9.78 Å². The highest BCUT2D eigenvalue weighted by molar-refractivity contribution is 5.93. The lowest BCUT2D eigenvalue weighted by atomic mass is 10.1. The van der Waals surface area contributed by atoms with Gasteiger partial charge >= 0.3 is 0 Å². The Morgan fingerprint density at radius 1 is 1.19 bits per heavy atom. The average molecular weight is 360 g/mol. The normalized spacial score (nSPS) is 11.9. The van der Waals surface area contributed by atoms with Gasteiger partial charge in [0, 0.05) is 24.0 Å². The number of carbonyl (C=O) groups is 1. The van der Waals surface area contributed by atoms with E-state index in [-0.39, 0.29) is 17.6 Å². The maximum atomic E-state index is 12.5. The summed E-state index contributed by atoms with van der Waals surface area (Å²) in [5.74, 6) is 0.194. The molecule has 134 valence electrons. The van der Waals surface area contributed by atoms with Gasteiger partial charge in [-0.2, -0.15) is 5.10 Å². The average Bonchev–Trinajstić information content (AvgIpc) is 3.41. The van der Waals surface area contributed by atoms with Crippen LogP contribution in [-0.4, -0.2) is 30.8 Å². The largest absolute Gasteiger partial charge is 0.355 e. The van der Waals surface area contributed by atoms with Crippen LogP contribution in [0, 0.1) is 0 Å². The van der Waals surface area contributed by atoms with Crippen LogP contribution in [0.15, 0.2) is 72.0 Å². The lowest BCUT2D eigenvalue weighted by Crippen LogP contribution is -2.26. The molecule has 0 bridgehead atoms. The van der Waals surface area contributed by atoms with Gasteiger partial charge < -0.3 is 9.84 Å². The molecule has 0 radical (unpaired) electrons. The zero-order valence-corrected chi connectivity index (χ0v) is 14.5. The minimum atomic E-state index is -0.304. The number of aromatic nitrogens is 5. The molecule has 8 nitrogen and oxygen atoms in total. The molecule has 4 aromatic rings. The summed E-state index contributed by atoms with van der Waals surface area (Å²) in [5, 5.41) is 10.9. The third-order valence-corrected chi connectivity index (χ3v) is 4.11. The van der Waals surface area contributed by atoms with E-state index in [1.807, 2.05) is 37.3 Å². The van der Waals surface area contributed by atoms with Gasteiger partial charge in [-0.05, 0) is 36.8 Å². The highest BCUT2D eigenvalue weighted by Gasteiger charge is 2.16. The molecular weight excluding hydrogens is 344 g/mol. The summed E-state index contributed by atoms with van der Waals surface area (Å²) in [4.78, 5) is 20.4. The second-order valence-electron chi connectivity index (χ2n) is 5.94. The third kappa shape index (κ3) is 3.59. The summed E-state index contributed by atoms with van der Waals surface area (Å²) >= 11 is 0. The van der Waals surface area contributed by atoms with Crippen molar-refractivity contribution in [3.63, 3.8) is 0 Å². The van der Waals surface area contributed by atoms with Gasteiger partial charge in [0.05, 0.1) is 11.7 Å². The zero-order valence-electron chi connectivity index (χ0n) is 14.5. The Labute approximate surface area is 154 Å². The van der Waals surface area contributed by atoms with Crippen molar-refractivity contribution in [1.82, 2.24) is 30.2 Å². The van der Waals surface area contributed by atoms with Gasteiger partial charge in [0.25, 0.3) is 5.91 Å². The molecule has 0 saturated heterocycles. The molecule has 1 aromatic carbocycles. The summed E-state index contributed by atoms with van der Waals surface area (Å²) < 4.78 is 6.92. The Morgan fingerprint density at radius 2 is 2.04 bits per heavy atom. The van der Waals surface area contributed by atoms with Crippen molar-refractivity contribution < 1.29 is 9.32 Å². The quantitative estimate of drug-likeness (QED) is 0.587. The van der Waals surface area contributed by atoms with Crippen LogP contribution in [0.1, 0.15) is 29.0 Å². The molecule has 8 heteroatoms. The van der Waals surface area contributed by atoms with E-state index < -0.39 is 0 Å². The first-order valence-electron chi connectivity index (χ1n) is 8.33. The van der Waals surface area contributed by atoms with Crippen molar-refractivity contribution in [3.05, 3.63) is 78.8 Å². The summed E-state index contributed by atoms with van der Waals surface area (Å²) in [6.07, 6.45) is 6.43. The molecular formula is C19H16N6O2. The lowest BCUT2D eigenvalue weighted by molar-refractivity contribution is 0.0931. The maximum absolute atomic E-state index is 12.5. The highest BCUT2D eigenvalue weighted by atomic mass is 16.5. The minimum Gasteiger partial charge on any atom is -0.355 e. The number of benzene rings is 1. The summed E-state index contributed by atoms with van der Waals surface area (Å²) in [5.41, 5.74) is 2.84. The van der Waals surface area contributed by atoms with Gasteiger partial charge in [0.1, 0.15) is 12.7 Å². The molecule has 1 N–H and O–H groups in total.